The number of rotatable bonds is 5. The minimum atomic E-state index is -1.14. The first-order chi connectivity index (χ1) is 9.04. The molecule has 0 unspecified atom stereocenters. The fourth-order valence-electron chi connectivity index (χ4n) is 1.21. The molecule has 0 aliphatic carbocycles. The van der Waals surface area contributed by atoms with Gasteiger partial charge in [-0.2, -0.15) is 0 Å². The number of aliphatic carboxylic acids is 1. The molecule has 0 bridgehead atoms. The van der Waals surface area contributed by atoms with Crippen molar-refractivity contribution in [2.24, 2.45) is 0 Å². The Balaban J connectivity index is 0.000000555. The normalized spacial score (nSPS) is 10.4. The first-order valence-corrected chi connectivity index (χ1v) is 6.12. The summed E-state index contributed by atoms with van der Waals surface area (Å²) in [7, 11) is 1.28. The van der Waals surface area contributed by atoms with Crippen LogP contribution in [0.5, 0.6) is 5.75 Å². The van der Waals surface area contributed by atoms with E-state index < -0.39 is 5.97 Å². The van der Waals surface area contributed by atoms with E-state index in [-0.39, 0.29) is 11.5 Å². The molecule has 3 N–H and O–H groups in total. The van der Waals surface area contributed by atoms with E-state index in [1.165, 1.54) is 50.5 Å². The van der Waals surface area contributed by atoms with Gasteiger partial charge in [0.1, 0.15) is 0 Å². The van der Waals surface area contributed by atoms with Gasteiger partial charge in [-0.05, 0) is 25.5 Å². The van der Waals surface area contributed by atoms with Crippen molar-refractivity contribution in [2.75, 3.05) is 20.2 Å². The van der Waals surface area contributed by atoms with E-state index in [2.05, 4.69) is 23.9 Å². The molecule has 5 heteroatoms. The van der Waals surface area contributed by atoms with Gasteiger partial charge in [-0.25, -0.2) is 4.79 Å². The maximum absolute atomic E-state index is 10.7. The molecule has 0 aliphatic heterocycles. The van der Waals surface area contributed by atoms with E-state index in [0.29, 0.717) is 5.56 Å². The van der Waals surface area contributed by atoms with Crippen molar-refractivity contribution in [1.82, 2.24) is 0 Å². The second kappa shape index (κ2) is 9.96. The molecule has 5 nitrogen and oxygen atoms in total. The quantitative estimate of drug-likeness (QED) is 0.598. The fourth-order valence-corrected chi connectivity index (χ4v) is 1.21. The van der Waals surface area contributed by atoms with Crippen LogP contribution in [0.15, 0.2) is 30.0 Å². The highest BCUT2D eigenvalue weighted by molar-refractivity contribution is 5.89. The van der Waals surface area contributed by atoms with Gasteiger partial charge in [0.15, 0.2) is 0 Å². The molecule has 1 rings (SSSR count). The van der Waals surface area contributed by atoms with Crippen molar-refractivity contribution in [2.45, 2.75) is 13.8 Å². The third kappa shape index (κ3) is 7.83. The van der Waals surface area contributed by atoms with Crippen LogP contribution >= 0.6 is 0 Å². The second-order valence-electron chi connectivity index (χ2n) is 3.69. The SMILES string of the molecule is CC[NH2+]CC.COC(=Cc1ccc([O-])cc1)C(=O)O. The number of nitrogens with two attached hydrogens (primary N) is 1. The molecule has 106 valence electrons. The Morgan fingerprint density at radius 1 is 1.32 bits per heavy atom. The molecule has 0 heterocycles. The maximum Gasteiger partial charge on any atom is 0.371 e. The van der Waals surface area contributed by atoms with Crippen molar-refractivity contribution in [3.8, 4) is 5.75 Å². The molecule has 0 amide bonds. The lowest BCUT2D eigenvalue weighted by atomic mass is 10.2. The van der Waals surface area contributed by atoms with Crippen molar-refractivity contribution in [1.29, 1.82) is 0 Å². The molecular formula is C14H21NO4. The topological polar surface area (TPSA) is 86.2 Å². The van der Waals surface area contributed by atoms with Crippen LogP contribution in [0.25, 0.3) is 6.08 Å². The third-order valence-electron chi connectivity index (χ3n) is 2.19. The summed E-state index contributed by atoms with van der Waals surface area (Å²) >= 11 is 0. The first-order valence-electron chi connectivity index (χ1n) is 6.12. The minimum absolute atomic E-state index is 0.114. The number of carboxylic acids is 1. The van der Waals surface area contributed by atoms with E-state index in [0.717, 1.165) is 0 Å². The Hall–Kier alpha value is -2.01. The Kier molecular flexibility index (Phi) is 8.91. The van der Waals surface area contributed by atoms with Gasteiger partial charge in [0.05, 0.1) is 20.2 Å². The zero-order valence-electron chi connectivity index (χ0n) is 11.6. The zero-order chi connectivity index (χ0) is 14.7. The molecule has 0 aromatic heterocycles. The summed E-state index contributed by atoms with van der Waals surface area (Å²) in [6, 6.07) is 5.79. The monoisotopic (exact) mass is 267 g/mol. The summed E-state index contributed by atoms with van der Waals surface area (Å²) in [5, 5.41) is 21.6. The molecule has 19 heavy (non-hydrogen) atoms. The van der Waals surface area contributed by atoms with Crippen LogP contribution in [0.2, 0.25) is 0 Å². The molecule has 0 radical (unpaired) electrons. The molecule has 1 aromatic carbocycles. The van der Waals surface area contributed by atoms with Crippen molar-refractivity contribution in [3.05, 3.63) is 35.6 Å². The summed E-state index contributed by atoms with van der Waals surface area (Å²) in [5.74, 6) is -1.42. The second-order valence-corrected chi connectivity index (χ2v) is 3.69. The van der Waals surface area contributed by atoms with Crippen LogP contribution in [-0.2, 0) is 9.53 Å². The molecule has 0 saturated carbocycles. The van der Waals surface area contributed by atoms with Crippen LogP contribution in [0.4, 0.5) is 0 Å². The lowest BCUT2D eigenvalue weighted by Crippen LogP contribution is -2.82. The van der Waals surface area contributed by atoms with E-state index in [1.807, 2.05) is 0 Å². The Labute approximate surface area is 113 Å². The summed E-state index contributed by atoms with van der Waals surface area (Å²) in [4.78, 5) is 10.5. The number of ether oxygens (including phenoxy) is 1. The summed E-state index contributed by atoms with van der Waals surface area (Å²) < 4.78 is 4.63. The summed E-state index contributed by atoms with van der Waals surface area (Å²) in [5.41, 5.74) is 0.615. The van der Waals surface area contributed by atoms with Gasteiger partial charge in [0.2, 0.25) is 5.76 Å². The number of carbonyl (C=O) groups is 1. The standard InChI is InChI=1S/C10H10O4.C4H11N/c1-14-9(10(12)13)6-7-2-4-8(11)5-3-7;1-3-5-4-2/h2-6,11H,1H3,(H,12,13);5H,3-4H2,1-2H3. The average Bonchev–Trinajstić information content (AvgIpc) is 2.39. The Bertz CT molecular complexity index is 396. The van der Waals surface area contributed by atoms with Gasteiger partial charge in [0, 0.05) is 0 Å². The van der Waals surface area contributed by atoms with Crippen molar-refractivity contribution in [3.63, 3.8) is 0 Å². The smallest absolute Gasteiger partial charge is 0.371 e. The minimum Gasteiger partial charge on any atom is -0.872 e. The molecule has 0 saturated heterocycles. The molecule has 0 spiro atoms. The lowest BCUT2D eigenvalue weighted by Gasteiger charge is -2.04. The summed E-state index contributed by atoms with van der Waals surface area (Å²) in [6.45, 7) is 6.75. The highest BCUT2D eigenvalue weighted by Crippen LogP contribution is 2.11. The number of benzene rings is 1. The number of hydrogen-bond acceptors (Lipinski definition) is 3. The van der Waals surface area contributed by atoms with Gasteiger partial charge in [-0.1, -0.05) is 24.3 Å². The molecule has 0 atom stereocenters. The van der Waals surface area contributed by atoms with Crippen LogP contribution in [0.3, 0.4) is 0 Å². The number of carboxylic acid groups (broad SMARTS) is 1. The first kappa shape index (κ1) is 17.0. The average molecular weight is 267 g/mol. The van der Waals surface area contributed by atoms with E-state index in [9.17, 15) is 9.90 Å². The van der Waals surface area contributed by atoms with Crippen LogP contribution in [-0.4, -0.2) is 31.3 Å². The predicted molar refractivity (Wildman–Crippen MR) is 71.5 cm³/mol. The lowest BCUT2D eigenvalue weighted by molar-refractivity contribution is -0.648. The Morgan fingerprint density at radius 3 is 2.16 bits per heavy atom. The molecule has 0 aliphatic rings. The van der Waals surface area contributed by atoms with Gasteiger partial charge in [0.25, 0.3) is 0 Å². The van der Waals surface area contributed by atoms with Gasteiger partial charge >= 0.3 is 5.97 Å². The van der Waals surface area contributed by atoms with E-state index >= 15 is 0 Å². The highest BCUT2D eigenvalue weighted by atomic mass is 16.5. The number of hydrogen-bond donors (Lipinski definition) is 2. The van der Waals surface area contributed by atoms with Gasteiger partial charge in [-0.3, -0.25) is 0 Å². The summed E-state index contributed by atoms with van der Waals surface area (Å²) in [6.07, 6.45) is 1.35. The van der Waals surface area contributed by atoms with E-state index in [1.54, 1.807) is 0 Å². The highest BCUT2D eigenvalue weighted by Gasteiger charge is 2.05. The van der Waals surface area contributed by atoms with Crippen molar-refractivity contribution < 1.29 is 25.1 Å². The largest absolute Gasteiger partial charge is 0.872 e. The number of methoxy groups -OCH3 is 1. The Morgan fingerprint density at radius 2 is 1.84 bits per heavy atom. The molecular weight excluding hydrogens is 246 g/mol. The molecule has 0 fully saturated rings. The third-order valence-corrected chi connectivity index (χ3v) is 2.19. The van der Waals surface area contributed by atoms with Crippen LogP contribution in [0, 0.1) is 0 Å². The number of quaternary nitrogens is 1. The molecule has 1 aromatic rings. The van der Waals surface area contributed by atoms with Crippen molar-refractivity contribution >= 4 is 12.0 Å². The maximum atomic E-state index is 10.7. The zero-order valence-corrected chi connectivity index (χ0v) is 11.6. The predicted octanol–water partition coefficient (Wildman–Crippen LogP) is 0.422. The van der Waals surface area contributed by atoms with Gasteiger partial charge in [-0.15, -0.1) is 5.75 Å². The van der Waals surface area contributed by atoms with E-state index in [4.69, 9.17) is 5.11 Å². The fraction of sp³-hybridized carbons (Fsp3) is 0.357. The van der Waals surface area contributed by atoms with Crippen LogP contribution < -0.4 is 10.4 Å². The van der Waals surface area contributed by atoms with Crippen LogP contribution in [0.1, 0.15) is 19.4 Å². The van der Waals surface area contributed by atoms with Gasteiger partial charge < -0.3 is 20.3 Å².